The van der Waals surface area contributed by atoms with Gasteiger partial charge in [-0.1, -0.05) is 43.7 Å². The van der Waals surface area contributed by atoms with Gasteiger partial charge in [0.05, 0.1) is 11.0 Å². The fraction of sp³-hybridized carbons (Fsp3) is 0.259. The molecule has 0 saturated heterocycles. The zero-order valence-electron chi connectivity index (χ0n) is 21.9. The average Bonchev–Trinajstić information content (AvgIpc) is 3.70. The molecule has 206 valence electrons. The second kappa shape index (κ2) is 11.4. The van der Waals surface area contributed by atoms with Crippen LogP contribution in [0.15, 0.2) is 51.4 Å². The lowest BCUT2D eigenvalue weighted by atomic mass is 10.0. The van der Waals surface area contributed by atoms with Gasteiger partial charge < -0.3 is 19.8 Å². The minimum Gasteiger partial charge on any atom is -0.476 e. The van der Waals surface area contributed by atoms with E-state index in [4.69, 9.17) is 10.2 Å². The monoisotopic (exact) mass is 606 g/mol. The van der Waals surface area contributed by atoms with Crippen molar-refractivity contribution in [1.29, 1.82) is 0 Å². The van der Waals surface area contributed by atoms with E-state index in [0.29, 0.717) is 29.4 Å². The van der Waals surface area contributed by atoms with Crippen molar-refractivity contribution in [1.82, 2.24) is 30.2 Å². The summed E-state index contributed by atoms with van der Waals surface area (Å²) in [6, 6.07) is 13.3. The number of carboxylic acids is 1. The highest BCUT2D eigenvalue weighted by atomic mass is 79.9. The first-order chi connectivity index (χ1) is 19.3. The summed E-state index contributed by atoms with van der Waals surface area (Å²) in [5.74, 6) is 0.124. The molecule has 0 bridgehead atoms. The number of nitrogens with one attached hydrogen (secondary N) is 1. The van der Waals surface area contributed by atoms with Crippen LogP contribution in [0.1, 0.15) is 41.6 Å². The minimum absolute atomic E-state index is 0.0588. The van der Waals surface area contributed by atoms with Crippen molar-refractivity contribution in [2.75, 3.05) is 18.5 Å². The maximum atomic E-state index is 12.4. The number of likely N-dealkylation sites (N-methyl/N-ethyl adjacent to an activating group) is 1. The maximum absolute atomic E-state index is 12.4. The van der Waals surface area contributed by atoms with Gasteiger partial charge in [-0.05, 0) is 45.3 Å². The second-order valence-corrected chi connectivity index (χ2v) is 10.0. The number of H-pyrrole nitrogens is 1. The number of tetrazole rings is 1. The van der Waals surface area contributed by atoms with Crippen LogP contribution in [0.4, 0.5) is 5.82 Å². The van der Waals surface area contributed by atoms with Crippen molar-refractivity contribution >= 4 is 44.6 Å². The number of nitrogens with zero attached hydrogens (tertiary/aromatic N) is 6. The van der Waals surface area contributed by atoms with Crippen molar-refractivity contribution in [3.63, 3.8) is 0 Å². The number of anilines is 1. The van der Waals surface area contributed by atoms with Crippen LogP contribution in [0.25, 0.3) is 33.7 Å². The number of halogens is 1. The molecule has 0 aliphatic heterocycles. The number of nitrogens with two attached hydrogens (primary N) is 1. The molecule has 40 heavy (non-hydrogen) atoms. The van der Waals surface area contributed by atoms with Gasteiger partial charge >= 0.3 is 5.97 Å². The Bertz CT molecular complexity index is 1690. The lowest BCUT2D eigenvalue weighted by Gasteiger charge is -2.15. The number of aryl methyl sites for hydroxylation is 1. The number of unbranched alkanes of at least 4 members (excludes halogenated alkanes) is 1. The Morgan fingerprint density at radius 3 is 2.65 bits per heavy atom. The predicted molar refractivity (Wildman–Crippen MR) is 152 cm³/mol. The fourth-order valence-electron chi connectivity index (χ4n) is 4.60. The van der Waals surface area contributed by atoms with Gasteiger partial charge in [0.15, 0.2) is 11.5 Å². The van der Waals surface area contributed by atoms with E-state index < -0.39 is 11.9 Å². The molecule has 0 atom stereocenters. The van der Waals surface area contributed by atoms with Crippen LogP contribution in [0.3, 0.4) is 0 Å². The smallest absolute Gasteiger partial charge is 0.356 e. The van der Waals surface area contributed by atoms with Gasteiger partial charge in [-0.25, -0.2) is 9.78 Å². The standard InChI is InChI=1S/C27H27BrN8O4/c1-3-4-9-20-30-26(35(2)21(37)13-29)23(27(38)39)36(20)14-15-10-11-19-18(12-15)22(28)24(40-19)16-7-5-6-8-17(16)25-31-33-34-32-25/h5-8,10-12H,3-4,9,13-14,29H2,1-2H3,(H,38,39)(H,31,32,33,34). The summed E-state index contributed by atoms with van der Waals surface area (Å²) < 4.78 is 8.64. The van der Waals surface area contributed by atoms with Crippen LogP contribution < -0.4 is 10.6 Å². The first kappa shape index (κ1) is 27.2. The molecule has 0 spiro atoms. The van der Waals surface area contributed by atoms with E-state index in [9.17, 15) is 14.7 Å². The largest absolute Gasteiger partial charge is 0.476 e. The molecule has 0 saturated carbocycles. The number of imidazole rings is 1. The number of aromatic nitrogens is 6. The van der Waals surface area contributed by atoms with Gasteiger partial charge in [0.2, 0.25) is 11.7 Å². The predicted octanol–water partition coefficient (Wildman–Crippen LogP) is 4.25. The van der Waals surface area contributed by atoms with E-state index in [1.54, 1.807) is 4.57 Å². The Labute approximate surface area is 237 Å². The lowest BCUT2D eigenvalue weighted by Crippen LogP contribution is -2.34. The highest BCUT2D eigenvalue weighted by Crippen LogP contribution is 2.41. The van der Waals surface area contributed by atoms with Gasteiger partial charge in [0, 0.05) is 36.5 Å². The average molecular weight is 607 g/mol. The zero-order valence-corrected chi connectivity index (χ0v) is 23.5. The summed E-state index contributed by atoms with van der Waals surface area (Å²) in [7, 11) is 1.49. The Morgan fingerprint density at radius 1 is 1.20 bits per heavy atom. The van der Waals surface area contributed by atoms with Crippen molar-refractivity contribution in [2.45, 2.75) is 32.7 Å². The van der Waals surface area contributed by atoms with E-state index in [0.717, 1.165) is 39.4 Å². The Hall–Kier alpha value is -4.36. The van der Waals surface area contributed by atoms with Crippen LogP contribution in [0.2, 0.25) is 0 Å². The first-order valence-electron chi connectivity index (χ1n) is 12.7. The quantitative estimate of drug-likeness (QED) is 0.210. The van der Waals surface area contributed by atoms with Crippen molar-refractivity contribution in [3.05, 3.63) is 64.0 Å². The highest BCUT2D eigenvalue weighted by Gasteiger charge is 2.27. The number of benzene rings is 2. The fourth-order valence-corrected chi connectivity index (χ4v) is 5.21. The Morgan fingerprint density at radius 2 is 1.98 bits per heavy atom. The molecular formula is C27H27BrN8O4. The van der Waals surface area contributed by atoms with Crippen LogP contribution in [0.5, 0.6) is 0 Å². The van der Waals surface area contributed by atoms with Crippen molar-refractivity contribution < 1.29 is 19.1 Å². The highest BCUT2D eigenvalue weighted by molar-refractivity contribution is 9.10. The zero-order chi connectivity index (χ0) is 28.4. The van der Waals surface area contributed by atoms with Crippen molar-refractivity contribution in [2.24, 2.45) is 5.73 Å². The molecule has 3 heterocycles. The number of amides is 1. The molecule has 0 radical (unpaired) electrons. The van der Waals surface area contributed by atoms with E-state index in [-0.39, 0.29) is 24.6 Å². The number of hydrogen-bond acceptors (Lipinski definition) is 8. The maximum Gasteiger partial charge on any atom is 0.356 e. The van der Waals surface area contributed by atoms with Crippen LogP contribution >= 0.6 is 15.9 Å². The molecule has 5 rings (SSSR count). The molecule has 5 aromatic rings. The Balaban J connectivity index is 1.58. The number of carbonyl (C=O) groups is 2. The molecular weight excluding hydrogens is 580 g/mol. The number of hydrogen-bond donors (Lipinski definition) is 3. The molecule has 13 heteroatoms. The number of aromatic carboxylic acids is 1. The number of carbonyl (C=O) groups excluding carboxylic acids is 1. The van der Waals surface area contributed by atoms with E-state index >= 15 is 0 Å². The summed E-state index contributed by atoms with van der Waals surface area (Å²) in [6.07, 6.45) is 2.29. The van der Waals surface area contributed by atoms with Gasteiger partial charge in [0.1, 0.15) is 17.2 Å². The Kier molecular flexibility index (Phi) is 7.76. The normalized spacial score (nSPS) is 11.3. The van der Waals surface area contributed by atoms with Gasteiger partial charge in [0.25, 0.3) is 0 Å². The molecule has 4 N–H and O–H groups in total. The summed E-state index contributed by atoms with van der Waals surface area (Å²) in [5.41, 5.74) is 8.51. The first-order valence-corrected chi connectivity index (χ1v) is 13.5. The molecule has 0 aliphatic carbocycles. The summed E-state index contributed by atoms with van der Waals surface area (Å²) in [4.78, 5) is 30.5. The third-order valence-electron chi connectivity index (χ3n) is 6.64. The SMILES string of the molecule is CCCCc1nc(N(C)C(=O)CN)c(C(=O)O)n1Cc1ccc2oc(-c3ccccc3-c3nn[nH]n3)c(Br)c2c1. The van der Waals surface area contributed by atoms with E-state index in [1.807, 2.05) is 42.5 Å². The van der Waals surface area contributed by atoms with Gasteiger partial charge in [-0.2, -0.15) is 5.21 Å². The molecule has 0 fully saturated rings. The topological polar surface area (TPSA) is 169 Å². The third kappa shape index (κ3) is 5.00. The summed E-state index contributed by atoms with van der Waals surface area (Å²) in [6.45, 7) is 2.03. The summed E-state index contributed by atoms with van der Waals surface area (Å²) in [5, 5.41) is 25.3. The molecule has 12 nitrogen and oxygen atoms in total. The van der Waals surface area contributed by atoms with E-state index in [2.05, 4.69) is 48.5 Å². The molecule has 1 amide bonds. The van der Waals surface area contributed by atoms with Crippen LogP contribution in [-0.2, 0) is 17.8 Å². The number of fused-ring (bicyclic) bond motifs is 1. The molecule has 0 unspecified atom stereocenters. The van der Waals surface area contributed by atoms with E-state index in [1.165, 1.54) is 11.9 Å². The lowest BCUT2D eigenvalue weighted by molar-refractivity contribution is -0.117. The second-order valence-electron chi connectivity index (χ2n) is 9.21. The van der Waals surface area contributed by atoms with Crippen molar-refractivity contribution in [3.8, 4) is 22.7 Å². The van der Waals surface area contributed by atoms with Gasteiger partial charge in [-0.15, -0.1) is 10.2 Å². The third-order valence-corrected chi connectivity index (χ3v) is 7.43. The molecule has 0 aliphatic rings. The van der Waals surface area contributed by atoms with Crippen LogP contribution in [-0.4, -0.2) is 60.8 Å². The number of aromatic amines is 1. The summed E-state index contributed by atoms with van der Waals surface area (Å²) >= 11 is 3.71. The molecule has 3 aromatic heterocycles. The number of rotatable bonds is 10. The van der Waals surface area contributed by atoms with Gasteiger partial charge in [-0.3, -0.25) is 9.69 Å². The van der Waals surface area contributed by atoms with Crippen LogP contribution in [0, 0.1) is 0 Å². The molecule has 2 aromatic carbocycles. The number of carboxylic acid groups (broad SMARTS) is 1. The minimum atomic E-state index is -1.17. The number of furan rings is 1.